The molecule has 132 valence electrons. The Labute approximate surface area is 149 Å². The fraction of sp³-hybridized carbons (Fsp3) is 0.222. The maximum atomic E-state index is 12.4. The lowest BCUT2D eigenvalue weighted by molar-refractivity contribution is -0.140. The molecule has 0 radical (unpaired) electrons. The van der Waals surface area contributed by atoms with E-state index in [1.165, 1.54) is 19.1 Å². The quantitative estimate of drug-likeness (QED) is 0.765. The monoisotopic (exact) mass is 353 g/mol. The molecule has 0 amide bonds. The normalized spacial score (nSPS) is 14.1. The van der Waals surface area contributed by atoms with E-state index in [-0.39, 0.29) is 24.6 Å². The van der Waals surface area contributed by atoms with Gasteiger partial charge in [0.2, 0.25) is 0 Å². The van der Waals surface area contributed by atoms with Crippen LogP contribution < -0.4 is 4.90 Å². The number of hydrogen-bond acceptors (Lipinski definition) is 8. The Morgan fingerprint density at radius 3 is 2.69 bits per heavy atom. The van der Waals surface area contributed by atoms with Gasteiger partial charge in [-0.1, -0.05) is 0 Å². The molecule has 3 rings (SSSR count). The summed E-state index contributed by atoms with van der Waals surface area (Å²) in [5, 5.41) is 10.3. The number of hydrogen-bond donors (Lipinski definition) is 0. The molecule has 2 heterocycles. The zero-order valence-electron chi connectivity index (χ0n) is 14.2. The van der Waals surface area contributed by atoms with Crippen molar-refractivity contribution in [2.24, 2.45) is 0 Å². The third kappa shape index (κ3) is 2.85. The predicted molar refractivity (Wildman–Crippen MR) is 90.8 cm³/mol. The Bertz CT molecular complexity index is 961. The summed E-state index contributed by atoms with van der Waals surface area (Å²) in [6.45, 7) is -0.115. The average molecular weight is 353 g/mol. The van der Waals surface area contributed by atoms with Gasteiger partial charge in [-0.05, 0) is 24.3 Å². The van der Waals surface area contributed by atoms with E-state index in [1.807, 2.05) is 0 Å². The Morgan fingerprint density at radius 1 is 1.23 bits per heavy atom. The lowest BCUT2D eigenvalue weighted by Crippen LogP contribution is -2.39. The van der Waals surface area contributed by atoms with E-state index in [4.69, 9.17) is 14.2 Å². The highest BCUT2D eigenvalue weighted by molar-refractivity contribution is 6.04. The summed E-state index contributed by atoms with van der Waals surface area (Å²) in [7, 11) is 2.43. The number of benzene rings is 1. The third-order valence-corrected chi connectivity index (χ3v) is 4.00. The number of fused-ring (bicyclic) bond motifs is 1. The van der Waals surface area contributed by atoms with Gasteiger partial charge < -0.3 is 19.1 Å². The smallest absolute Gasteiger partial charge is 0.355 e. The molecule has 1 aromatic heterocycles. The molecule has 2 aromatic rings. The van der Waals surface area contributed by atoms with Gasteiger partial charge in [0, 0.05) is 11.6 Å². The molecule has 0 bridgehead atoms. The molecule has 0 unspecified atom stereocenters. The van der Waals surface area contributed by atoms with Crippen molar-refractivity contribution in [3.63, 3.8) is 0 Å². The molecule has 0 fully saturated rings. The van der Waals surface area contributed by atoms with Gasteiger partial charge >= 0.3 is 11.9 Å². The van der Waals surface area contributed by atoms with Crippen molar-refractivity contribution in [2.45, 2.75) is 0 Å². The summed E-state index contributed by atoms with van der Waals surface area (Å²) in [5.41, 5.74) is 1.38. The Morgan fingerprint density at radius 2 is 2.00 bits per heavy atom. The van der Waals surface area contributed by atoms with Crippen molar-refractivity contribution in [1.82, 2.24) is 4.98 Å². The standard InChI is InChI=1S/C18H15N3O5/c1-24-17(22)13-9-26-10-21(16(13)18(23)25-2)15-6-5-14-11(12(15)8-19)4-3-7-20-14/h3-7H,9-10H2,1-2H3. The minimum atomic E-state index is -0.719. The number of pyridine rings is 1. The van der Waals surface area contributed by atoms with Crippen molar-refractivity contribution in [3.05, 3.63) is 47.3 Å². The lowest BCUT2D eigenvalue weighted by Gasteiger charge is -2.32. The van der Waals surface area contributed by atoms with Crippen molar-refractivity contribution >= 4 is 28.5 Å². The van der Waals surface area contributed by atoms with Crippen LogP contribution in [0.5, 0.6) is 0 Å². The highest BCUT2D eigenvalue weighted by atomic mass is 16.5. The second kappa shape index (κ2) is 7.21. The van der Waals surface area contributed by atoms with Crippen LogP contribution in [-0.4, -0.2) is 44.5 Å². The molecule has 0 saturated carbocycles. The number of nitrogens with zero attached hydrogens (tertiary/aromatic N) is 3. The molecule has 8 nitrogen and oxygen atoms in total. The molecule has 0 aliphatic carbocycles. The van der Waals surface area contributed by atoms with Crippen LogP contribution in [-0.2, 0) is 23.8 Å². The molecule has 0 saturated heterocycles. The molecule has 0 atom stereocenters. The Kier molecular flexibility index (Phi) is 4.82. The number of nitriles is 1. The summed E-state index contributed by atoms with van der Waals surface area (Å²) in [4.78, 5) is 30.1. The van der Waals surface area contributed by atoms with E-state index in [2.05, 4.69) is 11.1 Å². The minimum Gasteiger partial charge on any atom is -0.466 e. The topological polar surface area (TPSA) is 102 Å². The molecular weight excluding hydrogens is 338 g/mol. The second-order valence-electron chi connectivity index (χ2n) is 5.36. The Hall–Kier alpha value is -3.44. The summed E-state index contributed by atoms with van der Waals surface area (Å²) < 4.78 is 15.0. The van der Waals surface area contributed by atoms with Gasteiger partial charge in [0.25, 0.3) is 0 Å². The number of ether oxygens (including phenoxy) is 3. The van der Waals surface area contributed by atoms with Crippen LogP contribution in [0.2, 0.25) is 0 Å². The van der Waals surface area contributed by atoms with E-state index in [9.17, 15) is 14.9 Å². The first-order valence-electron chi connectivity index (χ1n) is 7.65. The van der Waals surface area contributed by atoms with Crippen molar-refractivity contribution in [1.29, 1.82) is 5.26 Å². The van der Waals surface area contributed by atoms with Crippen molar-refractivity contribution < 1.29 is 23.8 Å². The van der Waals surface area contributed by atoms with Crippen LogP contribution in [0.1, 0.15) is 5.56 Å². The largest absolute Gasteiger partial charge is 0.466 e. The Balaban J connectivity index is 2.24. The minimum absolute atomic E-state index is 0.00894. The lowest BCUT2D eigenvalue weighted by atomic mass is 10.0. The summed E-state index contributed by atoms with van der Waals surface area (Å²) in [6, 6.07) is 9.01. The summed E-state index contributed by atoms with van der Waals surface area (Å²) >= 11 is 0. The van der Waals surface area contributed by atoms with E-state index < -0.39 is 11.9 Å². The van der Waals surface area contributed by atoms with E-state index >= 15 is 0 Å². The van der Waals surface area contributed by atoms with Crippen molar-refractivity contribution in [3.8, 4) is 6.07 Å². The van der Waals surface area contributed by atoms with Crippen LogP contribution in [0, 0.1) is 11.3 Å². The molecule has 1 aliphatic rings. The van der Waals surface area contributed by atoms with Crippen LogP contribution in [0.15, 0.2) is 41.7 Å². The highest BCUT2D eigenvalue weighted by Crippen LogP contribution is 2.32. The molecule has 26 heavy (non-hydrogen) atoms. The first-order valence-corrected chi connectivity index (χ1v) is 7.65. The fourth-order valence-corrected chi connectivity index (χ4v) is 2.82. The third-order valence-electron chi connectivity index (χ3n) is 4.00. The van der Waals surface area contributed by atoms with Gasteiger partial charge in [-0.2, -0.15) is 5.26 Å². The maximum Gasteiger partial charge on any atom is 0.355 e. The van der Waals surface area contributed by atoms with Crippen LogP contribution >= 0.6 is 0 Å². The number of carbonyl (C=O) groups excluding carboxylic acids is 2. The summed E-state index contributed by atoms with van der Waals surface area (Å²) in [5.74, 6) is -1.42. The van der Waals surface area contributed by atoms with Gasteiger partial charge in [-0.15, -0.1) is 0 Å². The maximum absolute atomic E-state index is 12.4. The summed E-state index contributed by atoms with van der Waals surface area (Å²) in [6.07, 6.45) is 1.63. The van der Waals surface area contributed by atoms with E-state index in [0.29, 0.717) is 22.2 Å². The molecular formula is C18H15N3O5. The van der Waals surface area contributed by atoms with Crippen LogP contribution in [0.25, 0.3) is 10.9 Å². The number of aromatic nitrogens is 1. The first-order chi connectivity index (χ1) is 12.6. The molecule has 1 aliphatic heterocycles. The van der Waals surface area contributed by atoms with E-state index in [0.717, 1.165) is 0 Å². The molecule has 0 spiro atoms. The average Bonchev–Trinajstić information content (AvgIpc) is 2.71. The van der Waals surface area contributed by atoms with Gasteiger partial charge in [-0.25, -0.2) is 9.59 Å². The number of rotatable bonds is 3. The number of methoxy groups -OCH3 is 2. The van der Waals surface area contributed by atoms with Crippen LogP contribution in [0.3, 0.4) is 0 Å². The fourth-order valence-electron chi connectivity index (χ4n) is 2.82. The van der Waals surface area contributed by atoms with Crippen molar-refractivity contribution in [2.75, 3.05) is 32.5 Å². The van der Waals surface area contributed by atoms with Gasteiger partial charge in [0.15, 0.2) is 0 Å². The molecule has 1 aromatic carbocycles. The number of carbonyl (C=O) groups is 2. The number of esters is 2. The number of anilines is 1. The predicted octanol–water partition coefficient (Wildman–Crippen LogP) is 1.50. The molecule has 8 heteroatoms. The van der Waals surface area contributed by atoms with Crippen LogP contribution in [0.4, 0.5) is 5.69 Å². The second-order valence-corrected chi connectivity index (χ2v) is 5.36. The zero-order chi connectivity index (χ0) is 18.7. The highest BCUT2D eigenvalue weighted by Gasteiger charge is 2.33. The van der Waals surface area contributed by atoms with E-state index in [1.54, 1.807) is 30.5 Å². The van der Waals surface area contributed by atoms with Gasteiger partial charge in [0.05, 0.1) is 43.2 Å². The van der Waals surface area contributed by atoms with Gasteiger partial charge in [-0.3, -0.25) is 4.98 Å². The SMILES string of the molecule is COC(=O)C1=C(C(=O)OC)N(c2ccc3ncccc3c2C#N)COC1. The molecule has 0 N–H and O–H groups in total. The van der Waals surface area contributed by atoms with Gasteiger partial charge in [0.1, 0.15) is 18.5 Å². The first kappa shape index (κ1) is 17.4. The zero-order valence-corrected chi connectivity index (χ0v) is 14.2.